The van der Waals surface area contributed by atoms with Crippen LogP contribution in [0.1, 0.15) is 41.8 Å². The molecule has 1 aromatic heterocycles. The maximum absolute atomic E-state index is 12.8. The van der Waals surface area contributed by atoms with Gasteiger partial charge in [0.2, 0.25) is 11.9 Å². The molecule has 0 unspecified atom stereocenters. The molecule has 0 saturated carbocycles. The van der Waals surface area contributed by atoms with E-state index in [0.717, 1.165) is 29.5 Å². The van der Waals surface area contributed by atoms with Gasteiger partial charge in [0.1, 0.15) is 5.82 Å². The van der Waals surface area contributed by atoms with Crippen LogP contribution in [-0.2, 0) is 30.6 Å². The molecule has 218 valence electrons. The van der Waals surface area contributed by atoms with Crippen molar-refractivity contribution < 1.29 is 27.5 Å². The van der Waals surface area contributed by atoms with Crippen molar-refractivity contribution in [2.75, 3.05) is 25.0 Å². The molecule has 0 aliphatic carbocycles. The third-order valence-electron chi connectivity index (χ3n) is 6.20. The molecule has 3 amide bonds. The smallest absolute Gasteiger partial charge is 0.422 e. The molecule has 2 aromatic carbocycles. The van der Waals surface area contributed by atoms with Gasteiger partial charge in [-0.05, 0) is 54.5 Å². The Labute approximate surface area is 235 Å². The summed E-state index contributed by atoms with van der Waals surface area (Å²) >= 11 is 0. The third-order valence-corrected chi connectivity index (χ3v) is 6.20. The van der Waals surface area contributed by atoms with Gasteiger partial charge in [0.25, 0.3) is 0 Å². The fraction of sp³-hybridized carbons (Fsp3) is 0.393. The largest absolute Gasteiger partial charge is 0.454 e. The predicted molar refractivity (Wildman–Crippen MR) is 146 cm³/mol. The molecular formula is C28H32F3N7O3. The molecule has 3 aromatic rings. The van der Waals surface area contributed by atoms with Crippen LogP contribution in [0.25, 0.3) is 0 Å². The monoisotopic (exact) mass is 571 g/mol. The van der Waals surface area contributed by atoms with Crippen LogP contribution in [0.5, 0.6) is 6.01 Å². The van der Waals surface area contributed by atoms with Gasteiger partial charge in [-0.2, -0.15) is 28.1 Å². The van der Waals surface area contributed by atoms with Crippen LogP contribution in [-0.4, -0.2) is 52.8 Å². The van der Waals surface area contributed by atoms with E-state index in [-0.39, 0.29) is 23.7 Å². The van der Waals surface area contributed by atoms with Crippen molar-refractivity contribution in [2.24, 2.45) is 0 Å². The first-order valence-electron chi connectivity index (χ1n) is 13.4. The first-order chi connectivity index (χ1) is 19.7. The standard InChI is InChI=1S/C28H32F3N7O3/c29-28(30,31)18-41-27-37-23-13-9-19-3-5-21(6-4-19)17-34-26(40)33-16-2-1-15-32-24(39)14-10-20-7-11-22(12-8-20)35-25(36-23)38-27/h3-8,11-12H,1-2,9-10,13-18H2,(H,32,39)(H2,33,34,40)(H,35,36,37,38). The Hall–Kier alpha value is -4.42. The van der Waals surface area contributed by atoms with Crippen LogP contribution in [0.3, 0.4) is 0 Å². The lowest BCUT2D eigenvalue weighted by atomic mass is 10.1. The maximum Gasteiger partial charge on any atom is 0.422 e. The average Bonchev–Trinajstić information content (AvgIpc) is 2.95. The summed E-state index contributed by atoms with van der Waals surface area (Å²) in [7, 11) is 0. The molecule has 6 bridgehead atoms. The normalized spacial score (nSPS) is 15.8. The maximum atomic E-state index is 12.8. The van der Waals surface area contributed by atoms with Crippen molar-refractivity contribution in [3.63, 3.8) is 0 Å². The van der Waals surface area contributed by atoms with Crippen LogP contribution in [0, 0.1) is 0 Å². The van der Waals surface area contributed by atoms with Crippen molar-refractivity contribution >= 4 is 23.6 Å². The van der Waals surface area contributed by atoms with E-state index < -0.39 is 18.8 Å². The number of urea groups is 1. The molecule has 10 nitrogen and oxygen atoms in total. The van der Waals surface area contributed by atoms with Crippen molar-refractivity contribution in [3.05, 3.63) is 71.0 Å². The van der Waals surface area contributed by atoms with Gasteiger partial charge < -0.3 is 26.0 Å². The molecule has 0 saturated heterocycles. The number of hydrogen-bond donors (Lipinski definition) is 4. The summed E-state index contributed by atoms with van der Waals surface area (Å²) in [4.78, 5) is 36.7. The summed E-state index contributed by atoms with van der Waals surface area (Å²) in [6.07, 6.45) is -1.32. The molecule has 0 radical (unpaired) electrons. The number of carbonyl (C=O) groups is 2. The van der Waals surface area contributed by atoms with Gasteiger partial charge in [-0.15, -0.1) is 0 Å². The highest BCUT2D eigenvalue weighted by molar-refractivity contribution is 5.76. The Morgan fingerprint density at radius 2 is 1.37 bits per heavy atom. The lowest BCUT2D eigenvalue weighted by Crippen LogP contribution is -2.35. The molecule has 0 spiro atoms. The molecule has 4 N–H and O–H groups in total. The van der Waals surface area contributed by atoms with E-state index in [1.165, 1.54) is 0 Å². The van der Waals surface area contributed by atoms with Gasteiger partial charge in [-0.1, -0.05) is 36.4 Å². The van der Waals surface area contributed by atoms with Gasteiger partial charge in [0, 0.05) is 38.2 Å². The van der Waals surface area contributed by atoms with Gasteiger partial charge in [0.15, 0.2) is 6.61 Å². The van der Waals surface area contributed by atoms with Gasteiger partial charge in [-0.3, -0.25) is 4.79 Å². The van der Waals surface area contributed by atoms with Crippen LogP contribution in [0.15, 0.2) is 48.5 Å². The van der Waals surface area contributed by atoms with Crippen molar-refractivity contribution in [3.8, 4) is 6.01 Å². The highest BCUT2D eigenvalue weighted by Gasteiger charge is 2.29. The lowest BCUT2D eigenvalue weighted by Gasteiger charge is -2.12. The number of rotatable bonds is 2. The molecule has 0 atom stereocenters. The number of carbonyl (C=O) groups excluding carboxylic acids is 2. The fourth-order valence-corrected chi connectivity index (χ4v) is 4.01. The highest BCUT2D eigenvalue weighted by Crippen LogP contribution is 2.20. The number of benzene rings is 2. The number of aryl methyl sites for hydroxylation is 3. The quantitative estimate of drug-likeness (QED) is 0.366. The number of hydrogen-bond acceptors (Lipinski definition) is 7. The van der Waals surface area contributed by atoms with E-state index in [1.807, 2.05) is 36.4 Å². The number of fused-ring (bicyclic) bond motifs is 2. The molecule has 4 heterocycles. The number of anilines is 2. The minimum atomic E-state index is -4.54. The topological polar surface area (TPSA) is 130 Å². The first kappa shape index (κ1) is 29.6. The molecular weight excluding hydrogens is 539 g/mol. The second-order valence-corrected chi connectivity index (χ2v) is 9.57. The van der Waals surface area contributed by atoms with E-state index in [9.17, 15) is 22.8 Å². The predicted octanol–water partition coefficient (Wildman–Crippen LogP) is 3.98. The number of alkyl halides is 3. The van der Waals surface area contributed by atoms with Crippen LogP contribution >= 0.6 is 0 Å². The van der Waals surface area contributed by atoms with Crippen molar-refractivity contribution in [1.82, 2.24) is 30.9 Å². The van der Waals surface area contributed by atoms with Crippen molar-refractivity contribution in [2.45, 2.75) is 51.2 Å². The second kappa shape index (κ2) is 14.3. The third kappa shape index (κ3) is 10.6. The molecule has 41 heavy (non-hydrogen) atoms. The Balaban J connectivity index is 1.51. The molecule has 6 rings (SSSR count). The van der Waals surface area contributed by atoms with Gasteiger partial charge in [0.05, 0.1) is 0 Å². The van der Waals surface area contributed by atoms with E-state index in [0.29, 0.717) is 51.0 Å². The van der Waals surface area contributed by atoms with E-state index in [1.54, 1.807) is 12.1 Å². The minimum absolute atomic E-state index is 0.0560. The zero-order valence-corrected chi connectivity index (χ0v) is 22.4. The zero-order chi connectivity index (χ0) is 29.1. The summed E-state index contributed by atoms with van der Waals surface area (Å²) in [5.41, 5.74) is 3.44. The van der Waals surface area contributed by atoms with E-state index in [4.69, 9.17) is 4.74 Å². The van der Waals surface area contributed by atoms with Gasteiger partial charge in [-0.25, -0.2) is 4.79 Å². The Morgan fingerprint density at radius 1 is 0.732 bits per heavy atom. The zero-order valence-electron chi connectivity index (χ0n) is 22.4. The highest BCUT2D eigenvalue weighted by atomic mass is 19.4. The Bertz CT molecular complexity index is 1300. The first-order valence-corrected chi connectivity index (χ1v) is 13.4. The molecule has 13 heteroatoms. The van der Waals surface area contributed by atoms with Crippen molar-refractivity contribution in [1.29, 1.82) is 0 Å². The number of ether oxygens (including phenoxy) is 1. The summed E-state index contributed by atoms with van der Waals surface area (Å²) < 4.78 is 43.1. The summed E-state index contributed by atoms with van der Waals surface area (Å²) in [6.45, 7) is -0.139. The number of aromatic nitrogens is 3. The Morgan fingerprint density at radius 3 is 2.07 bits per heavy atom. The minimum Gasteiger partial charge on any atom is -0.454 e. The summed E-state index contributed by atoms with van der Waals surface area (Å²) in [5, 5.41) is 11.5. The lowest BCUT2D eigenvalue weighted by molar-refractivity contribution is -0.154. The summed E-state index contributed by atoms with van der Waals surface area (Å²) in [5.74, 6) is 0.265. The number of nitrogens with one attached hydrogen (secondary N) is 4. The number of nitrogens with zero attached hydrogens (tertiary/aromatic N) is 3. The van der Waals surface area contributed by atoms with Gasteiger partial charge >= 0.3 is 18.2 Å². The Kier molecular flexibility index (Phi) is 10.3. The molecule has 0 fully saturated rings. The molecule has 3 aliphatic heterocycles. The second-order valence-electron chi connectivity index (χ2n) is 9.57. The molecule has 3 aliphatic rings. The number of amides is 3. The van der Waals surface area contributed by atoms with Crippen LogP contribution in [0.2, 0.25) is 0 Å². The SMILES string of the molecule is O=C1CCc2ccc(cc2)Nc2nc(nc(OCC(F)(F)F)n2)CCc2ccc(cc2)CNC(=O)NCCCCN1. The fourth-order valence-electron chi connectivity index (χ4n) is 4.01. The van der Waals surface area contributed by atoms with E-state index in [2.05, 4.69) is 36.2 Å². The van der Waals surface area contributed by atoms with Crippen LogP contribution in [0.4, 0.5) is 29.6 Å². The summed E-state index contributed by atoms with van der Waals surface area (Å²) in [6, 6.07) is 14.2. The number of halogens is 3. The van der Waals surface area contributed by atoms with Crippen LogP contribution < -0.4 is 26.0 Å². The average molecular weight is 572 g/mol. The van der Waals surface area contributed by atoms with E-state index >= 15 is 0 Å².